The molecule has 21 heavy (non-hydrogen) atoms. The maximum absolute atomic E-state index is 12.7. The van der Waals surface area contributed by atoms with Crippen LogP contribution in [0.2, 0.25) is 5.02 Å². The van der Waals surface area contributed by atoms with Crippen molar-refractivity contribution in [2.75, 3.05) is 0 Å². The van der Waals surface area contributed by atoms with E-state index in [1.807, 2.05) is 20.8 Å². The SMILES string of the molecule is CC(C)(C)c1c[nH]c(=S)n1-c1ccc(C(F)(F)F)cc1Cl. The van der Waals surface area contributed by atoms with Gasteiger partial charge >= 0.3 is 6.18 Å². The molecule has 114 valence electrons. The highest BCUT2D eigenvalue weighted by Gasteiger charge is 2.31. The first-order chi connectivity index (χ1) is 9.51. The van der Waals surface area contributed by atoms with E-state index in [-0.39, 0.29) is 10.4 Å². The van der Waals surface area contributed by atoms with Gasteiger partial charge in [0.2, 0.25) is 0 Å². The number of hydrogen-bond donors (Lipinski definition) is 1. The van der Waals surface area contributed by atoms with Crippen molar-refractivity contribution in [3.8, 4) is 5.69 Å². The summed E-state index contributed by atoms with van der Waals surface area (Å²) < 4.78 is 40.1. The van der Waals surface area contributed by atoms with Gasteiger partial charge in [-0.2, -0.15) is 13.2 Å². The number of rotatable bonds is 1. The lowest BCUT2D eigenvalue weighted by Gasteiger charge is -2.21. The first kappa shape index (κ1) is 16.1. The van der Waals surface area contributed by atoms with E-state index >= 15 is 0 Å². The van der Waals surface area contributed by atoms with Gasteiger partial charge in [-0.15, -0.1) is 0 Å². The highest BCUT2D eigenvalue weighted by molar-refractivity contribution is 7.71. The van der Waals surface area contributed by atoms with Crippen molar-refractivity contribution in [2.45, 2.75) is 32.4 Å². The van der Waals surface area contributed by atoms with Crippen LogP contribution in [0, 0.1) is 4.77 Å². The summed E-state index contributed by atoms with van der Waals surface area (Å²) in [5.41, 5.74) is 0.255. The molecule has 1 heterocycles. The summed E-state index contributed by atoms with van der Waals surface area (Å²) in [6, 6.07) is 3.25. The Morgan fingerprint density at radius 1 is 1.19 bits per heavy atom. The molecule has 2 rings (SSSR count). The van der Waals surface area contributed by atoms with Crippen molar-refractivity contribution in [1.29, 1.82) is 0 Å². The van der Waals surface area contributed by atoms with Gasteiger partial charge in [-0.05, 0) is 30.4 Å². The summed E-state index contributed by atoms with van der Waals surface area (Å²) in [7, 11) is 0. The zero-order valence-electron chi connectivity index (χ0n) is 11.7. The van der Waals surface area contributed by atoms with Crippen LogP contribution in [0.15, 0.2) is 24.4 Å². The van der Waals surface area contributed by atoms with E-state index < -0.39 is 11.7 Å². The summed E-state index contributed by atoms with van der Waals surface area (Å²) in [4.78, 5) is 2.91. The summed E-state index contributed by atoms with van der Waals surface area (Å²) in [5, 5.41) is 0.00558. The number of benzene rings is 1. The Kier molecular flexibility index (Phi) is 3.97. The average molecular weight is 335 g/mol. The molecule has 7 heteroatoms. The topological polar surface area (TPSA) is 20.7 Å². The van der Waals surface area contributed by atoms with E-state index in [4.69, 9.17) is 23.8 Å². The summed E-state index contributed by atoms with van der Waals surface area (Å²) in [6.07, 6.45) is -2.68. The minimum Gasteiger partial charge on any atom is -0.337 e. The second-order valence-electron chi connectivity index (χ2n) is 5.73. The molecule has 0 aliphatic heterocycles. The summed E-state index contributed by atoms with van der Waals surface area (Å²) in [5.74, 6) is 0. The number of hydrogen-bond acceptors (Lipinski definition) is 1. The monoisotopic (exact) mass is 334 g/mol. The Bertz CT molecular complexity index is 723. The Hall–Kier alpha value is -1.27. The van der Waals surface area contributed by atoms with Crippen LogP contribution in [0.5, 0.6) is 0 Å². The molecule has 0 unspecified atom stereocenters. The number of nitrogens with one attached hydrogen (secondary N) is 1. The molecule has 2 aromatic rings. The molecule has 0 radical (unpaired) electrons. The Morgan fingerprint density at radius 2 is 1.81 bits per heavy atom. The average Bonchev–Trinajstić information content (AvgIpc) is 2.69. The maximum atomic E-state index is 12.7. The molecule has 0 fully saturated rings. The second kappa shape index (κ2) is 5.18. The number of imidazole rings is 1. The minimum absolute atomic E-state index is 0.00558. The smallest absolute Gasteiger partial charge is 0.337 e. The van der Waals surface area contributed by atoms with Crippen LogP contribution in [0.3, 0.4) is 0 Å². The Morgan fingerprint density at radius 3 is 2.29 bits per heavy atom. The van der Waals surface area contributed by atoms with Crippen LogP contribution in [0.1, 0.15) is 32.0 Å². The van der Waals surface area contributed by atoms with Gasteiger partial charge in [0.1, 0.15) is 0 Å². The molecular formula is C14H14ClF3N2S. The molecule has 2 nitrogen and oxygen atoms in total. The lowest BCUT2D eigenvalue weighted by molar-refractivity contribution is -0.137. The lowest BCUT2D eigenvalue weighted by atomic mass is 9.92. The van der Waals surface area contributed by atoms with Crippen LogP contribution in [0.4, 0.5) is 13.2 Å². The van der Waals surface area contributed by atoms with Gasteiger partial charge in [0.15, 0.2) is 4.77 Å². The first-order valence-electron chi connectivity index (χ1n) is 6.20. The first-order valence-corrected chi connectivity index (χ1v) is 6.98. The van der Waals surface area contributed by atoms with Crippen LogP contribution in [-0.4, -0.2) is 9.55 Å². The predicted octanol–water partition coefficient (Wildman–Crippen LogP) is 5.50. The largest absolute Gasteiger partial charge is 0.416 e. The van der Waals surface area contributed by atoms with Gasteiger partial charge in [-0.1, -0.05) is 32.4 Å². The summed E-state index contributed by atoms with van der Waals surface area (Å²) >= 11 is 11.3. The number of H-pyrrole nitrogens is 1. The van der Waals surface area contributed by atoms with E-state index in [0.717, 1.165) is 17.8 Å². The number of aromatic amines is 1. The fourth-order valence-electron chi connectivity index (χ4n) is 2.02. The molecule has 0 saturated heterocycles. The molecule has 0 aliphatic carbocycles. The highest BCUT2D eigenvalue weighted by Crippen LogP contribution is 2.34. The maximum Gasteiger partial charge on any atom is 0.416 e. The van der Waals surface area contributed by atoms with Crippen molar-refractivity contribution >= 4 is 23.8 Å². The standard InChI is InChI=1S/C14H14ClF3N2S/c1-13(2,3)11-7-19-12(21)20(11)10-5-4-8(6-9(10)15)14(16,17)18/h4-7H,1-3H3,(H,19,21). The van der Waals surface area contributed by atoms with Gasteiger partial charge in [-0.25, -0.2) is 0 Å². The number of nitrogens with zero attached hydrogens (tertiary/aromatic N) is 1. The highest BCUT2D eigenvalue weighted by atomic mass is 35.5. The summed E-state index contributed by atoms with van der Waals surface area (Å²) in [6.45, 7) is 5.96. The van der Waals surface area contributed by atoms with Crippen LogP contribution in [-0.2, 0) is 11.6 Å². The van der Waals surface area contributed by atoms with Gasteiger partial charge in [0.25, 0.3) is 0 Å². The predicted molar refractivity (Wildman–Crippen MR) is 79.7 cm³/mol. The fraction of sp³-hybridized carbons (Fsp3) is 0.357. The fourth-order valence-corrected chi connectivity index (χ4v) is 2.54. The number of aromatic nitrogens is 2. The third kappa shape index (κ3) is 3.16. The lowest BCUT2D eigenvalue weighted by Crippen LogP contribution is -2.17. The Balaban J connectivity index is 2.65. The minimum atomic E-state index is -4.42. The number of halogens is 4. The van der Waals surface area contributed by atoms with Crippen LogP contribution < -0.4 is 0 Å². The molecule has 0 bridgehead atoms. The molecule has 0 aliphatic rings. The molecule has 1 N–H and O–H groups in total. The number of alkyl halides is 3. The Labute approximate surface area is 130 Å². The zero-order valence-corrected chi connectivity index (χ0v) is 13.2. The molecule has 0 saturated carbocycles. The van der Waals surface area contributed by atoms with Crippen molar-refractivity contribution in [3.05, 3.63) is 45.4 Å². The molecule has 0 spiro atoms. The van der Waals surface area contributed by atoms with Crippen molar-refractivity contribution < 1.29 is 13.2 Å². The van der Waals surface area contributed by atoms with Gasteiger partial charge in [0, 0.05) is 17.3 Å². The van der Waals surface area contributed by atoms with E-state index in [1.165, 1.54) is 6.07 Å². The van der Waals surface area contributed by atoms with Crippen molar-refractivity contribution in [2.24, 2.45) is 0 Å². The molecule has 0 atom stereocenters. The van der Waals surface area contributed by atoms with Crippen molar-refractivity contribution in [1.82, 2.24) is 9.55 Å². The van der Waals surface area contributed by atoms with E-state index in [0.29, 0.717) is 10.5 Å². The molecule has 1 aromatic heterocycles. The van der Waals surface area contributed by atoms with Gasteiger partial charge in [-0.3, -0.25) is 4.57 Å². The quantitative estimate of drug-likeness (QED) is 0.682. The van der Waals surface area contributed by atoms with E-state index in [2.05, 4.69) is 4.98 Å². The van der Waals surface area contributed by atoms with E-state index in [9.17, 15) is 13.2 Å². The second-order valence-corrected chi connectivity index (χ2v) is 6.52. The van der Waals surface area contributed by atoms with Crippen molar-refractivity contribution in [3.63, 3.8) is 0 Å². The molecular weight excluding hydrogens is 321 g/mol. The van der Waals surface area contributed by atoms with E-state index in [1.54, 1.807) is 10.8 Å². The molecule has 0 amide bonds. The van der Waals surface area contributed by atoms with Crippen LogP contribution in [0.25, 0.3) is 5.69 Å². The normalized spacial score (nSPS) is 12.7. The third-order valence-electron chi connectivity index (χ3n) is 3.06. The van der Waals surface area contributed by atoms with Crippen LogP contribution >= 0.6 is 23.8 Å². The molecule has 1 aromatic carbocycles. The van der Waals surface area contributed by atoms with Gasteiger partial charge < -0.3 is 4.98 Å². The van der Waals surface area contributed by atoms with Gasteiger partial charge in [0.05, 0.1) is 16.3 Å². The third-order valence-corrected chi connectivity index (χ3v) is 3.66. The zero-order chi connectivity index (χ0) is 16.0.